The van der Waals surface area contributed by atoms with Crippen molar-refractivity contribution in [3.63, 3.8) is 0 Å². The first kappa shape index (κ1) is 11.8. The number of hydrogen-bond donors (Lipinski definition) is 1. The zero-order valence-corrected chi connectivity index (χ0v) is 11.4. The molecule has 1 spiro atoms. The van der Waals surface area contributed by atoms with Crippen LogP contribution in [0.3, 0.4) is 0 Å². The van der Waals surface area contributed by atoms with Crippen LogP contribution in [0.25, 0.3) is 0 Å². The van der Waals surface area contributed by atoms with Gasteiger partial charge in [-0.2, -0.15) is 0 Å². The largest absolute Gasteiger partial charge is 0.310 e. The average Bonchev–Trinajstić information content (AvgIpc) is 2.35. The standard InChI is InChI=1S/C13H13BrN2O2/c14-9-5-8-6-13(3-1-10(17)2-4-13)12(18)16-11(8)15-7-9/h5,7H,1-4,6H2,(H,15,16,18). The van der Waals surface area contributed by atoms with Crippen molar-refractivity contribution < 1.29 is 9.59 Å². The molecule has 2 heterocycles. The summed E-state index contributed by atoms with van der Waals surface area (Å²) in [7, 11) is 0. The summed E-state index contributed by atoms with van der Waals surface area (Å²) < 4.78 is 0.916. The number of nitrogens with one attached hydrogen (secondary N) is 1. The Kier molecular flexibility index (Phi) is 2.73. The topological polar surface area (TPSA) is 59.1 Å². The smallest absolute Gasteiger partial charge is 0.232 e. The van der Waals surface area contributed by atoms with Gasteiger partial charge in [0.05, 0.1) is 5.41 Å². The van der Waals surface area contributed by atoms with Gasteiger partial charge in [-0.05, 0) is 46.8 Å². The third-order valence-electron chi connectivity index (χ3n) is 3.94. The number of hydrogen-bond acceptors (Lipinski definition) is 3. The van der Waals surface area contributed by atoms with Gasteiger partial charge in [-0.1, -0.05) is 0 Å². The van der Waals surface area contributed by atoms with Crippen LogP contribution in [-0.2, 0) is 16.0 Å². The summed E-state index contributed by atoms with van der Waals surface area (Å²) >= 11 is 3.40. The highest BCUT2D eigenvalue weighted by Gasteiger charge is 2.44. The van der Waals surface area contributed by atoms with Crippen LogP contribution in [-0.4, -0.2) is 16.7 Å². The molecule has 18 heavy (non-hydrogen) atoms. The lowest BCUT2D eigenvalue weighted by atomic mass is 9.68. The molecule has 4 nitrogen and oxygen atoms in total. The fraction of sp³-hybridized carbons (Fsp3) is 0.462. The first-order valence-corrected chi connectivity index (χ1v) is 6.86. The summed E-state index contributed by atoms with van der Waals surface area (Å²) in [5, 5.41) is 2.88. The van der Waals surface area contributed by atoms with E-state index in [0.717, 1.165) is 10.0 Å². The first-order valence-electron chi connectivity index (χ1n) is 6.07. The molecule has 0 aromatic carbocycles. The number of carbonyl (C=O) groups excluding carboxylic acids is 2. The van der Waals surface area contributed by atoms with Crippen LogP contribution in [0.15, 0.2) is 16.7 Å². The molecule has 0 radical (unpaired) electrons. The number of fused-ring (bicyclic) bond motifs is 1. The van der Waals surface area contributed by atoms with Crippen LogP contribution < -0.4 is 5.32 Å². The number of ketones is 1. The lowest BCUT2D eigenvalue weighted by Crippen LogP contribution is -2.44. The van der Waals surface area contributed by atoms with Gasteiger partial charge in [0, 0.05) is 23.5 Å². The van der Waals surface area contributed by atoms with Crippen LogP contribution in [0.2, 0.25) is 0 Å². The highest BCUT2D eigenvalue weighted by atomic mass is 79.9. The number of carbonyl (C=O) groups is 2. The summed E-state index contributed by atoms with van der Waals surface area (Å²) in [6.07, 6.45) is 4.72. The Bertz CT molecular complexity index is 532. The van der Waals surface area contributed by atoms with E-state index in [9.17, 15) is 9.59 Å². The molecule has 1 saturated carbocycles. The number of Topliss-reactive ketones (excluding diaryl/α,β-unsaturated/α-hetero) is 1. The van der Waals surface area contributed by atoms with Crippen LogP contribution >= 0.6 is 15.9 Å². The van der Waals surface area contributed by atoms with Crippen molar-refractivity contribution in [2.45, 2.75) is 32.1 Å². The number of nitrogens with zero attached hydrogens (tertiary/aromatic N) is 1. The van der Waals surface area contributed by atoms with Crippen LogP contribution in [0, 0.1) is 5.41 Å². The Morgan fingerprint density at radius 1 is 1.28 bits per heavy atom. The molecule has 0 atom stereocenters. The van der Waals surface area contributed by atoms with Crippen LogP contribution in [0.1, 0.15) is 31.2 Å². The zero-order valence-electron chi connectivity index (χ0n) is 9.83. The number of amides is 1. The van der Waals surface area contributed by atoms with Crippen molar-refractivity contribution in [2.24, 2.45) is 5.41 Å². The molecule has 1 aromatic heterocycles. The van der Waals surface area contributed by atoms with Crippen molar-refractivity contribution in [1.29, 1.82) is 0 Å². The van der Waals surface area contributed by atoms with E-state index in [1.54, 1.807) is 6.20 Å². The minimum atomic E-state index is -0.399. The summed E-state index contributed by atoms with van der Waals surface area (Å²) in [5.41, 5.74) is 0.655. The van der Waals surface area contributed by atoms with E-state index >= 15 is 0 Å². The molecule has 0 saturated heterocycles. The Morgan fingerprint density at radius 2 is 2.00 bits per heavy atom. The zero-order chi connectivity index (χ0) is 12.8. The highest BCUT2D eigenvalue weighted by molar-refractivity contribution is 9.10. The fourth-order valence-corrected chi connectivity index (χ4v) is 3.20. The van der Waals surface area contributed by atoms with Crippen molar-refractivity contribution in [3.8, 4) is 0 Å². The molecule has 0 bridgehead atoms. The van der Waals surface area contributed by atoms with Crippen LogP contribution in [0.5, 0.6) is 0 Å². The molecule has 2 aliphatic rings. The molecule has 0 unspecified atom stereocenters. The lowest BCUT2D eigenvalue weighted by molar-refractivity contribution is -0.131. The highest BCUT2D eigenvalue weighted by Crippen LogP contribution is 2.43. The second-order valence-corrected chi connectivity index (χ2v) is 6.03. The molecular weight excluding hydrogens is 296 g/mol. The Labute approximate surface area is 113 Å². The number of aromatic nitrogens is 1. The predicted molar refractivity (Wildman–Crippen MR) is 70.2 cm³/mol. The lowest BCUT2D eigenvalue weighted by Gasteiger charge is -2.38. The fourth-order valence-electron chi connectivity index (χ4n) is 2.82. The monoisotopic (exact) mass is 308 g/mol. The SMILES string of the molecule is O=C1CCC2(CC1)Cc1cc(Br)cnc1NC2=O. The van der Waals surface area contributed by atoms with Gasteiger partial charge in [0.1, 0.15) is 11.6 Å². The van der Waals surface area contributed by atoms with Gasteiger partial charge >= 0.3 is 0 Å². The van der Waals surface area contributed by atoms with E-state index in [0.29, 0.717) is 37.9 Å². The molecule has 5 heteroatoms. The molecule has 1 aromatic rings. The summed E-state index contributed by atoms with van der Waals surface area (Å²) in [6.45, 7) is 0. The molecular formula is C13H13BrN2O2. The molecule has 94 valence electrons. The van der Waals surface area contributed by atoms with E-state index < -0.39 is 5.41 Å². The van der Waals surface area contributed by atoms with Crippen molar-refractivity contribution in [1.82, 2.24) is 4.98 Å². The summed E-state index contributed by atoms with van der Waals surface area (Å²) in [5.74, 6) is 0.953. The van der Waals surface area contributed by atoms with Gasteiger partial charge < -0.3 is 5.32 Å². The van der Waals surface area contributed by atoms with Crippen molar-refractivity contribution >= 4 is 33.4 Å². The van der Waals surface area contributed by atoms with E-state index in [1.165, 1.54) is 0 Å². The molecule has 1 N–H and O–H groups in total. The van der Waals surface area contributed by atoms with E-state index in [-0.39, 0.29) is 11.7 Å². The third kappa shape index (κ3) is 1.86. The minimum Gasteiger partial charge on any atom is -0.310 e. The maximum atomic E-state index is 12.3. The van der Waals surface area contributed by atoms with Crippen molar-refractivity contribution in [3.05, 3.63) is 22.3 Å². The van der Waals surface area contributed by atoms with Gasteiger partial charge in [-0.3, -0.25) is 9.59 Å². The van der Waals surface area contributed by atoms with E-state index in [4.69, 9.17) is 0 Å². The van der Waals surface area contributed by atoms with Gasteiger partial charge in [-0.25, -0.2) is 4.98 Å². The molecule has 1 aliphatic carbocycles. The summed E-state index contributed by atoms with van der Waals surface area (Å²) in [4.78, 5) is 27.8. The Hall–Kier alpha value is -1.23. The molecule has 1 fully saturated rings. The van der Waals surface area contributed by atoms with Crippen LogP contribution in [0.4, 0.5) is 5.82 Å². The van der Waals surface area contributed by atoms with Gasteiger partial charge in [0.15, 0.2) is 0 Å². The normalized spacial score (nSPS) is 21.6. The second-order valence-electron chi connectivity index (χ2n) is 5.11. The van der Waals surface area contributed by atoms with Crippen molar-refractivity contribution in [2.75, 3.05) is 5.32 Å². The maximum absolute atomic E-state index is 12.3. The number of pyridine rings is 1. The molecule has 1 aliphatic heterocycles. The van der Waals surface area contributed by atoms with Gasteiger partial charge in [-0.15, -0.1) is 0 Å². The average molecular weight is 309 g/mol. The Balaban J connectivity index is 1.95. The van der Waals surface area contributed by atoms with Gasteiger partial charge in [0.2, 0.25) is 5.91 Å². The maximum Gasteiger partial charge on any atom is 0.232 e. The van der Waals surface area contributed by atoms with E-state index in [1.807, 2.05) is 6.07 Å². The predicted octanol–water partition coefficient (Wildman–Crippen LogP) is 2.47. The number of halogens is 1. The molecule has 3 rings (SSSR count). The summed E-state index contributed by atoms with van der Waals surface area (Å²) in [6, 6.07) is 2.00. The Morgan fingerprint density at radius 3 is 2.72 bits per heavy atom. The quantitative estimate of drug-likeness (QED) is 0.801. The number of rotatable bonds is 0. The third-order valence-corrected chi connectivity index (χ3v) is 4.37. The molecule has 1 amide bonds. The van der Waals surface area contributed by atoms with Gasteiger partial charge in [0.25, 0.3) is 0 Å². The van der Waals surface area contributed by atoms with E-state index in [2.05, 4.69) is 26.2 Å². The number of anilines is 1. The first-order chi connectivity index (χ1) is 8.59. The second kappa shape index (κ2) is 4.16. The minimum absolute atomic E-state index is 0.0253.